The number of aliphatic hydroxyl groups excluding tert-OH is 1. The largest absolute Gasteiger partial charge is 0.393 e. The van der Waals surface area contributed by atoms with Crippen LogP contribution in [-0.2, 0) is 0 Å². The number of aliphatic hydroxyl groups is 1. The van der Waals surface area contributed by atoms with Crippen LogP contribution in [0.15, 0.2) is 23.3 Å². The van der Waals surface area contributed by atoms with Gasteiger partial charge < -0.3 is 5.11 Å². The van der Waals surface area contributed by atoms with Gasteiger partial charge in [0.15, 0.2) is 0 Å². The summed E-state index contributed by atoms with van der Waals surface area (Å²) >= 11 is 0. The molecule has 0 aromatic carbocycles. The van der Waals surface area contributed by atoms with Crippen molar-refractivity contribution >= 4 is 0 Å². The third kappa shape index (κ3) is 2.44. The maximum Gasteiger partial charge on any atom is 0.0577 e. The zero-order valence-electron chi connectivity index (χ0n) is 17.0. The van der Waals surface area contributed by atoms with Crippen molar-refractivity contribution in [2.45, 2.75) is 85.7 Å². The van der Waals surface area contributed by atoms with Crippen LogP contribution in [0.2, 0.25) is 0 Å². The van der Waals surface area contributed by atoms with E-state index in [0.29, 0.717) is 10.8 Å². The number of allylic oxidation sites excluding steroid dienone is 3. The molecular formula is C24H38O. The third-order valence-electron chi connectivity index (χ3n) is 9.37. The topological polar surface area (TPSA) is 20.2 Å². The number of hydrogen-bond donors (Lipinski definition) is 1. The fraction of sp³-hybridized carbons (Fsp3) is 0.833. The lowest BCUT2D eigenvalue weighted by atomic mass is 9.47. The highest BCUT2D eigenvalue weighted by Gasteiger charge is 2.60. The highest BCUT2D eigenvalue weighted by atomic mass is 16.3. The van der Waals surface area contributed by atoms with Gasteiger partial charge in [0.25, 0.3) is 0 Å². The first-order valence-electron chi connectivity index (χ1n) is 10.8. The lowest BCUT2D eigenvalue weighted by Gasteiger charge is -2.58. The van der Waals surface area contributed by atoms with Crippen LogP contribution in [0.3, 0.4) is 0 Å². The molecule has 140 valence electrons. The van der Waals surface area contributed by atoms with Crippen molar-refractivity contribution in [3.63, 3.8) is 0 Å². The molecule has 8 atom stereocenters. The van der Waals surface area contributed by atoms with Crippen molar-refractivity contribution in [2.24, 2.45) is 40.4 Å². The molecule has 0 saturated heterocycles. The second kappa shape index (κ2) is 5.98. The van der Waals surface area contributed by atoms with E-state index in [0.717, 1.165) is 42.4 Å². The SMILES string of the molecule is C/C=C(\C)C1C(C)CC2C3CC=C4CC(O)CCC4(C)C3CCC21C. The van der Waals surface area contributed by atoms with Crippen LogP contribution >= 0.6 is 0 Å². The summed E-state index contributed by atoms with van der Waals surface area (Å²) in [5.74, 6) is 4.24. The predicted octanol–water partition coefficient (Wildman–Crippen LogP) is 6.14. The number of rotatable bonds is 1. The molecular weight excluding hydrogens is 304 g/mol. The van der Waals surface area contributed by atoms with E-state index in [2.05, 4.69) is 46.8 Å². The van der Waals surface area contributed by atoms with Crippen molar-refractivity contribution in [2.75, 3.05) is 0 Å². The molecule has 0 radical (unpaired) electrons. The van der Waals surface area contributed by atoms with Gasteiger partial charge >= 0.3 is 0 Å². The molecule has 8 unspecified atom stereocenters. The van der Waals surface area contributed by atoms with Crippen LogP contribution in [0, 0.1) is 40.4 Å². The fourth-order valence-corrected chi connectivity index (χ4v) is 8.15. The minimum Gasteiger partial charge on any atom is -0.393 e. The van der Waals surface area contributed by atoms with E-state index >= 15 is 0 Å². The second-order valence-corrected chi connectivity index (χ2v) is 10.4. The first kappa shape index (κ1) is 17.8. The van der Waals surface area contributed by atoms with E-state index in [1.165, 1.54) is 32.1 Å². The Morgan fingerprint density at radius 3 is 2.68 bits per heavy atom. The number of hydrogen-bond acceptors (Lipinski definition) is 1. The molecule has 1 heteroatoms. The summed E-state index contributed by atoms with van der Waals surface area (Å²) < 4.78 is 0. The Labute approximate surface area is 155 Å². The Morgan fingerprint density at radius 2 is 1.96 bits per heavy atom. The van der Waals surface area contributed by atoms with Crippen molar-refractivity contribution in [3.8, 4) is 0 Å². The zero-order valence-corrected chi connectivity index (χ0v) is 17.0. The van der Waals surface area contributed by atoms with Gasteiger partial charge in [-0.05, 0) is 99.2 Å². The summed E-state index contributed by atoms with van der Waals surface area (Å²) in [7, 11) is 0. The average Bonchev–Trinajstić information content (AvgIpc) is 2.85. The third-order valence-corrected chi connectivity index (χ3v) is 9.37. The Bertz CT molecular complexity index is 601. The molecule has 3 fully saturated rings. The van der Waals surface area contributed by atoms with Crippen LogP contribution in [0.25, 0.3) is 0 Å². The maximum absolute atomic E-state index is 10.2. The molecule has 4 aliphatic rings. The predicted molar refractivity (Wildman–Crippen MR) is 105 cm³/mol. The molecule has 25 heavy (non-hydrogen) atoms. The van der Waals surface area contributed by atoms with E-state index in [1.807, 2.05) is 0 Å². The molecule has 0 spiro atoms. The van der Waals surface area contributed by atoms with E-state index in [9.17, 15) is 5.11 Å². The lowest BCUT2D eigenvalue weighted by molar-refractivity contribution is -0.0456. The lowest BCUT2D eigenvalue weighted by Crippen LogP contribution is -2.50. The van der Waals surface area contributed by atoms with Crippen molar-refractivity contribution < 1.29 is 5.11 Å². The normalized spacial score (nSPS) is 52.9. The standard InChI is InChI=1S/C24H38O/c1-6-15(2)22-16(3)13-21-19-8-7-17-14-18(25)9-11-23(17,4)20(19)10-12-24(21,22)5/h6-7,16,18-22,25H,8-14H2,1-5H3/b15-6+. The van der Waals surface area contributed by atoms with Crippen molar-refractivity contribution in [1.29, 1.82) is 0 Å². The van der Waals surface area contributed by atoms with Gasteiger partial charge in [0.2, 0.25) is 0 Å². The van der Waals surface area contributed by atoms with Gasteiger partial charge in [0, 0.05) is 0 Å². The van der Waals surface area contributed by atoms with E-state index in [4.69, 9.17) is 0 Å². The van der Waals surface area contributed by atoms with Gasteiger partial charge in [0.05, 0.1) is 6.10 Å². The Kier molecular flexibility index (Phi) is 4.26. The van der Waals surface area contributed by atoms with Gasteiger partial charge in [-0.3, -0.25) is 0 Å². The van der Waals surface area contributed by atoms with E-state index < -0.39 is 0 Å². The molecule has 0 heterocycles. The van der Waals surface area contributed by atoms with Gasteiger partial charge in [0.1, 0.15) is 0 Å². The molecule has 1 nitrogen and oxygen atoms in total. The number of fused-ring (bicyclic) bond motifs is 5. The smallest absolute Gasteiger partial charge is 0.0577 e. The molecule has 3 saturated carbocycles. The molecule has 0 aromatic rings. The summed E-state index contributed by atoms with van der Waals surface area (Å²) in [6, 6.07) is 0. The first-order chi connectivity index (χ1) is 11.8. The average molecular weight is 343 g/mol. The van der Waals surface area contributed by atoms with E-state index in [-0.39, 0.29) is 6.10 Å². The second-order valence-electron chi connectivity index (χ2n) is 10.4. The van der Waals surface area contributed by atoms with Gasteiger partial charge in [-0.25, -0.2) is 0 Å². The van der Waals surface area contributed by atoms with Gasteiger partial charge in [-0.1, -0.05) is 44.1 Å². The van der Waals surface area contributed by atoms with Crippen LogP contribution in [0.5, 0.6) is 0 Å². The van der Waals surface area contributed by atoms with Crippen LogP contribution in [-0.4, -0.2) is 11.2 Å². The molecule has 0 bridgehead atoms. The van der Waals surface area contributed by atoms with Crippen molar-refractivity contribution in [1.82, 2.24) is 0 Å². The molecule has 0 amide bonds. The Hall–Kier alpha value is -0.560. The molecule has 1 N–H and O–H groups in total. The summed E-state index contributed by atoms with van der Waals surface area (Å²) in [4.78, 5) is 0. The zero-order chi connectivity index (χ0) is 18.0. The first-order valence-corrected chi connectivity index (χ1v) is 10.8. The summed E-state index contributed by atoms with van der Waals surface area (Å²) in [5, 5.41) is 10.2. The van der Waals surface area contributed by atoms with E-state index in [1.54, 1.807) is 11.1 Å². The Balaban J connectivity index is 1.68. The maximum atomic E-state index is 10.2. The van der Waals surface area contributed by atoms with Gasteiger partial charge in [-0.15, -0.1) is 0 Å². The molecule has 4 aliphatic carbocycles. The van der Waals surface area contributed by atoms with Crippen LogP contribution in [0.1, 0.15) is 79.6 Å². The molecule has 4 rings (SSSR count). The fourth-order valence-electron chi connectivity index (χ4n) is 8.15. The molecule has 0 aliphatic heterocycles. The summed E-state index contributed by atoms with van der Waals surface area (Å²) in [6.07, 6.45) is 13.5. The quantitative estimate of drug-likeness (QED) is 0.568. The monoisotopic (exact) mass is 342 g/mol. The minimum absolute atomic E-state index is 0.0852. The van der Waals surface area contributed by atoms with Crippen LogP contribution in [0.4, 0.5) is 0 Å². The minimum atomic E-state index is -0.0852. The van der Waals surface area contributed by atoms with Crippen molar-refractivity contribution in [3.05, 3.63) is 23.3 Å². The Morgan fingerprint density at radius 1 is 1.20 bits per heavy atom. The summed E-state index contributed by atoms with van der Waals surface area (Å²) in [6.45, 7) is 12.3. The molecule has 0 aromatic heterocycles. The summed E-state index contributed by atoms with van der Waals surface area (Å²) in [5.41, 5.74) is 4.12. The highest BCUT2D eigenvalue weighted by Crippen LogP contribution is 2.68. The van der Waals surface area contributed by atoms with Gasteiger partial charge in [-0.2, -0.15) is 0 Å². The highest BCUT2D eigenvalue weighted by molar-refractivity contribution is 5.26. The van der Waals surface area contributed by atoms with Crippen LogP contribution < -0.4 is 0 Å².